The van der Waals surface area contributed by atoms with Crippen molar-refractivity contribution >= 4 is 22.9 Å². The molecule has 0 aromatic carbocycles. The number of morpholine rings is 1. The number of carbonyl (C=O) groups excluding carboxylic acids is 1. The third-order valence-electron chi connectivity index (χ3n) is 5.93. The van der Waals surface area contributed by atoms with Gasteiger partial charge in [-0.05, 0) is 27.2 Å². The Labute approximate surface area is 225 Å². The molecular formula is C27H38N8O3. The molecule has 0 saturated carbocycles. The van der Waals surface area contributed by atoms with Crippen LogP contribution in [0.3, 0.4) is 0 Å². The van der Waals surface area contributed by atoms with Gasteiger partial charge in [0.15, 0.2) is 17.0 Å². The van der Waals surface area contributed by atoms with Crippen LogP contribution in [0.15, 0.2) is 18.7 Å². The van der Waals surface area contributed by atoms with Gasteiger partial charge in [0.25, 0.3) is 0 Å². The Hall–Kier alpha value is -4.06. The number of terminal acetylenes is 2. The summed E-state index contributed by atoms with van der Waals surface area (Å²) in [6, 6.07) is 0. The van der Waals surface area contributed by atoms with E-state index in [9.17, 15) is 4.79 Å². The topological polar surface area (TPSA) is 134 Å². The van der Waals surface area contributed by atoms with Gasteiger partial charge in [-0.25, -0.2) is 24.9 Å². The first-order valence-corrected chi connectivity index (χ1v) is 12.2. The predicted molar refractivity (Wildman–Crippen MR) is 149 cm³/mol. The molecule has 38 heavy (non-hydrogen) atoms. The van der Waals surface area contributed by atoms with Gasteiger partial charge in [0.1, 0.15) is 18.0 Å². The van der Waals surface area contributed by atoms with Crippen molar-refractivity contribution in [2.75, 3.05) is 39.1 Å². The smallest absolute Gasteiger partial charge is 0.228 e. The number of amides is 1. The lowest BCUT2D eigenvalue weighted by Gasteiger charge is -2.31. The van der Waals surface area contributed by atoms with Crippen LogP contribution in [0.5, 0.6) is 0 Å². The average Bonchev–Trinajstić information content (AvgIpc) is 3.36. The lowest BCUT2D eigenvalue weighted by atomic mass is 9.98. The minimum Gasteiger partial charge on any atom is -0.382 e. The van der Waals surface area contributed by atoms with Crippen LogP contribution >= 0.6 is 0 Å². The molecule has 0 radical (unpaired) electrons. The maximum absolute atomic E-state index is 12.1. The van der Waals surface area contributed by atoms with Gasteiger partial charge in [0.2, 0.25) is 5.91 Å². The van der Waals surface area contributed by atoms with E-state index in [1.54, 1.807) is 19.5 Å². The SMILES string of the molecule is C#C.C#C.CC[C@H](C(=O)N1CCOCC1)[C@@H](C)OC.CCn1c(-c2cnc(C)nc2)nc2c(N)ncnc21. The van der Waals surface area contributed by atoms with Crippen molar-refractivity contribution in [3.63, 3.8) is 0 Å². The van der Waals surface area contributed by atoms with Crippen molar-refractivity contribution in [2.45, 2.75) is 46.8 Å². The Morgan fingerprint density at radius 2 is 1.71 bits per heavy atom. The van der Waals surface area contributed by atoms with E-state index in [0.717, 1.165) is 35.8 Å². The number of hydrogen-bond donors (Lipinski definition) is 1. The first-order chi connectivity index (χ1) is 18.4. The number of rotatable bonds is 6. The second-order valence-electron chi connectivity index (χ2n) is 8.02. The number of ether oxygens (including phenoxy) is 2. The molecular weight excluding hydrogens is 484 g/mol. The van der Waals surface area contributed by atoms with E-state index < -0.39 is 0 Å². The molecule has 3 aromatic heterocycles. The standard InChI is InChI=1S/C12H13N7.C11H21NO3.2C2H2/c1-3-19-11(8-4-14-7(2)15-5-8)18-9-10(13)16-6-17-12(9)19;1-4-10(9(2)14-3)11(13)12-5-7-15-8-6-12;2*1-2/h4-6H,3H2,1-2H3,(H2,13,16,17);9-10H,4-8H2,1-3H3;2*1-2H/t;9-,10+;;/m.1../s1. The number of anilines is 1. The molecule has 1 aliphatic rings. The summed E-state index contributed by atoms with van der Waals surface area (Å²) in [5.41, 5.74) is 8.01. The highest BCUT2D eigenvalue weighted by atomic mass is 16.5. The van der Waals surface area contributed by atoms with Crippen LogP contribution in [0.1, 0.15) is 33.0 Å². The summed E-state index contributed by atoms with van der Waals surface area (Å²) in [6.45, 7) is 11.3. The van der Waals surface area contributed by atoms with Gasteiger partial charge in [-0.15, -0.1) is 25.7 Å². The lowest BCUT2D eigenvalue weighted by molar-refractivity contribution is -0.144. The van der Waals surface area contributed by atoms with Crippen molar-refractivity contribution in [1.29, 1.82) is 0 Å². The number of aromatic nitrogens is 6. The van der Waals surface area contributed by atoms with Crippen molar-refractivity contribution < 1.29 is 14.3 Å². The molecule has 1 amide bonds. The summed E-state index contributed by atoms with van der Waals surface area (Å²) in [4.78, 5) is 35.1. The van der Waals surface area contributed by atoms with Crippen LogP contribution in [0.4, 0.5) is 5.82 Å². The van der Waals surface area contributed by atoms with Crippen molar-refractivity contribution in [1.82, 2.24) is 34.4 Å². The Morgan fingerprint density at radius 1 is 1.11 bits per heavy atom. The predicted octanol–water partition coefficient (Wildman–Crippen LogP) is 2.60. The highest BCUT2D eigenvalue weighted by Crippen LogP contribution is 2.24. The van der Waals surface area contributed by atoms with Crippen LogP contribution in [-0.2, 0) is 20.8 Å². The molecule has 11 heteroatoms. The van der Waals surface area contributed by atoms with Crippen LogP contribution in [0.25, 0.3) is 22.6 Å². The first-order valence-electron chi connectivity index (χ1n) is 12.2. The molecule has 1 saturated heterocycles. The molecule has 11 nitrogen and oxygen atoms in total. The van der Waals surface area contributed by atoms with Gasteiger partial charge >= 0.3 is 0 Å². The third-order valence-corrected chi connectivity index (χ3v) is 5.93. The van der Waals surface area contributed by atoms with Crippen LogP contribution in [0.2, 0.25) is 0 Å². The van der Waals surface area contributed by atoms with Gasteiger partial charge in [-0.1, -0.05) is 6.92 Å². The quantitative estimate of drug-likeness (QED) is 0.485. The van der Waals surface area contributed by atoms with Crippen LogP contribution in [-0.4, -0.2) is 79.8 Å². The Bertz CT molecular complexity index is 1160. The monoisotopic (exact) mass is 522 g/mol. The summed E-state index contributed by atoms with van der Waals surface area (Å²) in [5, 5.41) is 0. The molecule has 0 spiro atoms. The summed E-state index contributed by atoms with van der Waals surface area (Å²) in [6.07, 6.45) is 21.8. The molecule has 4 rings (SSSR count). The second kappa shape index (κ2) is 16.6. The number of hydrogen-bond acceptors (Lipinski definition) is 9. The third kappa shape index (κ3) is 7.97. The molecule has 1 fully saturated rings. The fourth-order valence-electron chi connectivity index (χ4n) is 3.87. The Kier molecular flexibility index (Phi) is 14.0. The van der Waals surface area contributed by atoms with Gasteiger partial charge in [-0.3, -0.25) is 4.79 Å². The van der Waals surface area contributed by atoms with E-state index in [-0.39, 0.29) is 17.9 Å². The molecule has 2 atom stereocenters. The average molecular weight is 523 g/mol. The van der Waals surface area contributed by atoms with Crippen molar-refractivity contribution in [2.24, 2.45) is 5.92 Å². The molecule has 1 aliphatic heterocycles. The largest absolute Gasteiger partial charge is 0.382 e. The summed E-state index contributed by atoms with van der Waals surface area (Å²) >= 11 is 0. The zero-order chi connectivity index (χ0) is 28.7. The highest BCUT2D eigenvalue weighted by Gasteiger charge is 2.28. The minimum atomic E-state index is -0.0203. The van der Waals surface area contributed by atoms with E-state index in [4.69, 9.17) is 15.2 Å². The van der Waals surface area contributed by atoms with E-state index >= 15 is 0 Å². The molecule has 4 heterocycles. The normalized spacial score (nSPS) is 14.0. The minimum absolute atomic E-state index is 0.00894. The van der Waals surface area contributed by atoms with Crippen LogP contribution in [0, 0.1) is 38.5 Å². The Balaban J connectivity index is 0.000000344. The van der Waals surface area contributed by atoms with E-state index in [1.807, 2.05) is 37.2 Å². The van der Waals surface area contributed by atoms with E-state index in [2.05, 4.69) is 50.6 Å². The van der Waals surface area contributed by atoms with Crippen LogP contribution < -0.4 is 5.73 Å². The molecule has 0 aliphatic carbocycles. The lowest BCUT2D eigenvalue weighted by Crippen LogP contribution is -2.46. The molecule has 3 aromatic rings. The van der Waals surface area contributed by atoms with E-state index in [1.165, 1.54) is 6.33 Å². The molecule has 0 bridgehead atoms. The number of carbonyl (C=O) groups is 1. The first kappa shape index (κ1) is 32.0. The van der Waals surface area contributed by atoms with Gasteiger partial charge in [-0.2, -0.15) is 0 Å². The number of imidazole rings is 1. The van der Waals surface area contributed by atoms with Crippen molar-refractivity contribution in [3.05, 3.63) is 24.5 Å². The van der Waals surface area contributed by atoms with Gasteiger partial charge in [0.05, 0.1) is 30.8 Å². The maximum Gasteiger partial charge on any atom is 0.228 e. The molecule has 204 valence electrons. The number of nitrogen functional groups attached to an aromatic ring is 1. The fourth-order valence-corrected chi connectivity index (χ4v) is 3.87. The number of nitrogens with two attached hydrogens (primary N) is 1. The summed E-state index contributed by atoms with van der Waals surface area (Å²) in [5.74, 6) is 2.04. The highest BCUT2D eigenvalue weighted by molar-refractivity contribution is 5.85. The number of methoxy groups -OCH3 is 1. The van der Waals surface area contributed by atoms with E-state index in [0.29, 0.717) is 37.6 Å². The number of nitrogens with zero attached hydrogens (tertiary/aromatic N) is 7. The Morgan fingerprint density at radius 3 is 2.24 bits per heavy atom. The maximum atomic E-state index is 12.1. The molecule has 2 N–H and O–H groups in total. The number of fused-ring (bicyclic) bond motifs is 1. The summed E-state index contributed by atoms with van der Waals surface area (Å²) in [7, 11) is 1.65. The zero-order valence-corrected chi connectivity index (χ0v) is 22.9. The second-order valence-corrected chi connectivity index (χ2v) is 8.02. The van der Waals surface area contributed by atoms with Crippen molar-refractivity contribution in [3.8, 4) is 37.1 Å². The number of aryl methyl sites for hydroxylation is 2. The molecule has 0 unspecified atom stereocenters. The van der Waals surface area contributed by atoms with Gasteiger partial charge < -0.3 is 24.7 Å². The summed E-state index contributed by atoms with van der Waals surface area (Å²) < 4.78 is 12.4. The fraction of sp³-hybridized carbons (Fsp3) is 0.481. The zero-order valence-electron chi connectivity index (χ0n) is 22.9. The van der Waals surface area contributed by atoms with Gasteiger partial charge in [0, 0.05) is 39.1 Å².